The van der Waals surface area contributed by atoms with Crippen LogP contribution in [0.3, 0.4) is 0 Å². The van der Waals surface area contributed by atoms with E-state index in [1.165, 1.54) is 18.4 Å². The molecule has 0 bridgehead atoms. The fourth-order valence-corrected chi connectivity index (χ4v) is 3.04. The summed E-state index contributed by atoms with van der Waals surface area (Å²) < 4.78 is 4.73. The van der Waals surface area contributed by atoms with Crippen LogP contribution in [0.15, 0.2) is 41.8 Å². The number of carbonyl (C=O) groups excluding carboxylic acids is 3. The molecule has 1 heterocycles. The van der Waals surface area contributed by atoms with E-state index in [1.54, 1.807) is 24.3 Å². The average molecular weight is 388 g/mol. The molecule has 27 heavy (non-hydrogen) atoms. The van der Waals surface area contributed by atoms with Gasteiger partial charge in [0.15, 0.2) is 0 Å². The van der Waals surface area contributed by atoms with Gasteiger partial charge >= 0.3 is 5.97 Å². The molecular formula is C20H24N2O4S. The molecule has 2 rings (SSSR count). The van der Waals surface area contributed by atoms with Crippen LogP contribution in [-0.2, 0) is 14.3 Å². The number of hydrogen-bond donors (Lipinski definition) is 2. The zero-order valence-electron chi connectivity index (χ0n) is 15.9. The average Bonchev–Trinajstić information content (AvgIpc) is 3.15. The van der Waals surface area contributed by atoms with Crippen LogP contribution in [0.5, 0.6) is 0 Å². The Morgan fingerprint density at radius 1 is 1.15 bits per heavy atom. The molecule has 7 heteroatoms. The fourth-order valence-electron chi connectivity index (χ4n) is 2.26. The predicted molar refractivity (Wildman–Crippen MR) is 106 cm³/mol. The molecule has 0 fully saturated rings. The van der Waals surface area contributed by atoms with Gasteiger partial charge in [0.05, 0.1) is 19.6 Å². The molecule has 2 amide bonds. The lowest BCUT2D eigenvalue weighted by atomic mass is 9.95. The van der Waals surface area contributed by atoms with Crippen molar-refractivity contribution in [3.05, 3.63) is 52.2 Å². The van der Waals surface area contributed by atoms with Crippen molar-refractivity contribution in [3.63, 3.8) is 0 Å². The number of anilines is 1. The number of ether oxygens (including phenoxy) is 1. The van der Waals surface area contributed by atoms with E-state index < -0.39 is 17.4 Å². The van der Waals surface area contributed by atoms with Crippen LogP contribution < -0.4 is 10.6 Å². The van der Waals surface area contributed by atoms with Crippen molar-refractivity contribution in [1.82, 2.24) is 5.32 Å². The molecule has 1 unspecified atom stereocenters. The second kappa shape index (κ2) is 8.81. The number of hydrogen-bond acceptors (Lipinski definition) is 5. The van der Waals surface area contributed by atoms with Gasteiger partial charge in [-0.25, -0.2) is 0 Å². The number of esters is 1. The van der Waals surface area contributed by atoms with Crippen LogP contribution in [0, 0.1) is 5.41 Å². The van der Waals surface area contributed by atoms with Gasteiger partial charge in [-0.15, -0.1) is 11.3 Å². The maximum Gasteiger partial charge on any atom is 0.307 e. The first-order chi connectivity index (χ1) is 12.7. The topological polar surface area (TPSA) is 84.5 Å². The maximum absolute atomic E-state index is 12.7. The minimum atomic E-state index is -0.539. The second-order valence-electron chi connectivity index (χ2n) is 7.11. The van der Waals surface area contributed by atoms with Crippen molar-refractivity contribution in [3.8, 4) is 0 Å². The van der Waals surface area contributed by atoms with Crippen molar-refractivity contribution >= 4 is 34.8 Å². The fraction of sp³-hybridized carbons (Fsp3) is 0.350. The first kappa shape index (κ1) is 20.6. The van der Waals surface area contributed by atoms with E-state index in [1.807, 2.05) is 38.3 Å². The summed E-state index contributed by atoms with van der Waals surface area (Å²) in [5.41, 5.74) is 0.402. The predicted octanol–water partition coefficient (Wildman–Crippen LogP) is 3.77. The molecule has 0 radical (unpaired) electrons. The SMILES string of the molecule is COC(=O)CC(NC(=O)c1cccc(NC(=O)C(C)(C)C)c1)c1cccs1. The summed E-state index contributed by atoms with van der Waals surface area (Å²) in [6.07, 6.45) is 0.0448. The molecule has 6 nitrogen and oxygen atoms in total. The van der Waals surface area contributed by atoms with Gasteiger partial charge in [-0.2, -0.15) is 0 Å². The van der Waals surface area contributed by atoms with E-state index >= 15 is 0 Å². The normalized spacial score (nSPS) is 12.1. The summed E-state index contributed by atoms with van der Waals surface area (Å²) in [6.45, 7) is 5.45. The van der Waals surface area contributed by atoms with Crippen LogP contribution in [0.25, 0.3) is 0 Å². The Hall–Kier alpha value is -2.67. The van der Waals surface area contributed by atoms with Crippen LogP contribution in [0.4, 0.5) is 5.69 Å². The number of thiophene rings is 1. The molecule has 0 saturated heterocycles. The van der Waals surface area contributed by atoms with Gasteiger partial charge < -0.3 is 15.4 Å². The number of amides is 2. The Bertz CT molecular complexity index is 810. The minimum absolute atomic E-state index is 0.0448. The summed E-state index contributed by atoms with van der Waals surface area (Å²) in [5, 5.41) is 7.56. The summed E-state index contributed by atoms with van der Waals surface area (Å²) in [6, 6.07) is 9.95. The zero-order valence-corrected chi connectivity index (χ0v) is 16.7. The second-order valence-corrected chi connectivity index (χ2v) is 8.09. The van der Waals surface area contributed by atoms with E-state index in [4.69, 9.17) is 4.74 Å². The first-order valence-corrected chi connectivity index (χ1v) is 9.41. The highest BCUT2D eigenvalue weighted by molar-refractivity contribution is 7.10. The summed E-state index contributed by atoms with van der Waals surface area (Å²) >= 11 is 1.46. The van der Waals surface area contributed by atoms with Gasteiger partial charge in [0.2, 0.25) is 5.91 Å². The molecule has 0 aliphatic rings. The Kier molecular flexibility index (Phi) is 6.74. The highest BCUT2D eigenvalue weighted by Crippen LogP contribution is 2.24. The Labute approximate surface area is 162 Å². The lowest BCUT2D eigenvalue weighted by Gasteiger charge is -2.19. The highest BCUT2D eigenvalue weighted by Gasteiger charge is 2.23. The van der Waals surface area contributed by atoms with Gasteiger partial charge in [-0.3, -0.25) is 14.4 Å². The number of rotatable bonds is 6. The van der Waals surface area contributed by atoms with Crippen LogP contribution >= 0.6 is 11.3 Å². The largest absolute Gasteiger partial charge is 0.469 e. The molecule has 1 aromatic carbocycles. The number of carbonyl (C=O) groups is 3. The van der Waals surface area contributed by atoms with Crippen molar-refractivity contribution in [2.45, 2.75) is 33.2 Å². The summed E-state index contributed by atoms with van der Waals surface area (Å²) in [5.74, 6) is -0.869. The van der Waals surface area contributed by atoms with Gasteiger partial charge in [-0.05, 0) is 29.6 Å². The molecule has 1 atom stereocenters. The lowest BCUT2D eigenvalue weighted by Crippen LogP contribution is -2.30. The Morgan fingerprint density at radius 2 is 1.89 bits per heavy atom. The van der Waals surface area contributed by atoms with Gasteiger partial charge in [-0.1, -0.05) is 32.9 Å². The van der Waals surface area contributed by atoms with Crippen molar-refractivity contribution in [1.29, 1.82) is 0 Å². The third-order valence-electron chi connectivity index (χ3n) is 3.85. The Morgan fingerprint density at radius 3 is 2.48 bits per heavy atom. The first-order valence-electron chi connectivity index (χ1n) is 8.53. The molecular weight excluding hydrogens is 364 g/mol. The molecule has 2 aromatic rings. The quantitative estimate of drug-likeness (QED) is 0.738. The molecule has 2 N–H and O–H groups in total. The monoisotopic (exact) mass is 388 g/mol. The number of nitrogens with one attached hydrogen (secondary N) is 2. The lowest BCUT2D eigenvalue weighted by molar-refractivity contribution is -0.141. The molecule has 1 aromatic heterocycles. The van der Waals surface area contributed by atoms with Crippen LogP contribution in [0.2, 0.25) is 0 Å². The molecule has 0 aliphatic carbocycles. The van der Waals surface area contributed by atoms with E-state index in [9.17, 15) is 14.4 Å². The van der Waals surface area contributed by atoms with E-state index in [2.05, 4.69) is 10.6 Å². The molecule has 0 aliphatic heterocycles. The van der Waals surface area contributed by atoms with Gasteiger partial charge in [0.25, 0.3) is 5.91 Å². The zero-order chi connectivity index (χ0) is 20.0. The van der Waals surface area contributed by atoms with Crippen molar-refractivity contribution < 1.29 is 19.1 Å². The van der Waals surface area contributed by atoms with E-state index in [0.29, 0.717) is 11.3 Å². The van der Waals surface area contributed by atoms with Crippen molar-refractivity contribution in [2.24, 2.45) is 5.41 Å². The van der Waals surface area contributed by atoms with Crippen LogP contribution in [-0.4, -0.2) is 24.9 Å². The van der Waals surface area contributed by atoms with Gasteiger partial charge in [0, 0.05) is 21.5 Å². The molecule has 0 spiro atoms. The summed E-state index contributed by atoms with van der Waals surface area (Å²) in [4.78, 5) is 37.4. The van der Waals surface area contributed by atoms with Crippen molar-refractivity contribution in [2.75, 3.05) is 12.4 Å². The maximum atomic E-state index is 12.7. The highest BCUT2D eigenvalue weighted by atomic mass is 32.1. The van der Waals surface area contributed by atoms with E-state index in [0.717, 1.165) is 4.88 Å². The third-order valence-corrected chi connectivity index (χ3v) is 4.84. The van der Waals surface area contributed by atoms with Gasteiger partial charge in [0.1, 0.15) is 0 Å². The van der Waals surface area contributed by atoms with Crippen LogP contribution in [0.1, 0.15) is 48.5 Å². The smallest absolute Gasteiger partial charge is 0.307 e. The third kappa shape index (κ3) is 5.92. The Balaban J connectivity index is 2.15. The minimum Gasteiger partial charge on any atom is -0.469 e. The summed E-state index contributed by atoms with van der Waals surface area (Å²) in [7, 11) is 1.32. The number of benzene rings is 1. The standard InChI is InChI=1S/C20H24N2O4S/c1-20(2,3)19(25)21-14-8-5-7-13(11-14)18(24)22-15(12-17(23)26-4)16-9-6-10-27-16/h5-11,15H,12H2,1-4H3,(H,21,25)(H,22,24). The molecule has 0 saturated carbocycles. The van der Waals surface area contributed by atoms with E-state index in [-0.39, 0.29) is 18.2 Å². The number of methoxy groups -OCH3 is 1. The molecule has 144 valence electrons.